The molecule has 12 aromatic carbocycles. The van der Waals surface area contributed by atoms with Crippen molar-refractivity contribution >= 4 is 87.8 Å². The lowest BCUT2D eigenvalue weighted by molar-refractivity contribution is 0.659. The summed E-state index contributed by atoms with van der Waals surface area (Å²) in [6.07, 6.45) is 0. The Hall–Kier alpha value is -11.5. The molecule has 0 spiro atoms. The number of rotatable bonds is 7. The van der Waals surface area contributed by atoms with Gasteiger partial charge in [0, 0.05) is 0 Å². The molecule has 0 saturated carbocycles. The second-order valence-corrected chi connectivity index (χ2v) is 23.1. The molecule has 0 aliphatic rings. The van der Waals surface area contributed by atoms with Crippen LogP contribution in [-0.2, 0) is 0 Å². The van der Waals surface area contributed by atoms with Crippen molar-refractivity contribution < 1.29 is 17.7 Å². The van der Waals surface area contributed by atoms with Crippen LogP contribution in [0.25, 0.3) is 166 Å². The topological polar surface area (TPSA) is 121 Å². The molecule has 4 heterocycles. The summed E-state index contributed by atoms with van der Waals surface area (Å²) in [6, 6.07) is 73.9. The van der Waals surface area contributed by atoms with E-state index in [-0.39, 0.29) is 21.7 Å². The first-order chi connectivity index (χ1) is 42.9. The van der Waals surface area contributed by atoms with Gasteiger partial charge in [0.1, 0.15) is 44.7 Å². The molecule has 8 nitrogen and oxygen atoms in total. The summed E-state index contributed by atoms with van der Waals surface area (Å²) in [5.74, 6) is 0. The zero-order valence-electron chi connectivity index (χ0n) is 48.2. The average Bonchev–Trinajstić information content (AvgIpc) is 1.12. The quantitative estimate of drug-likeness (QED) is 0.145. The Labute approximate surface area is 502 Å². The van der Waals surface area contributed by atoms with E-state index in [0.29, 0.717) is 87.8 Å². The van der Waals surface area contributed by atoms with E-state index in [0.717, 1.165) is 100 Å². The van der Waals surface area contributed by atoms with Gasteiger partial charge in [0.25, 0.3) is 0 Å². The second kappa shape index (κ2) is 20.1. The van der Waals surface area contributed by atoms with Crippen molar-refractivity contribution in [3.05, 3.63) is 294 Å². The fourth-order valence-electron chi connectivity index (χ4n) is 13.2. The lowest BCUT2D eigenvalue weighted by Gasteiger charge is -2.16. The molecule has 0 atom stereocenters. The lowest BCUT2D eigenvalue weighted by atomic mass is 9.88. The predicted molar refractivity (Wildman–Crippen MR) is 358 cm³/mol. The highest BCUT2D eigenvalue weighted by molar-refractivity contribution is 6.00. The number of fused-ring (bicyclic) bond motifs is 8. The molecule has 88 heavy (non-hydrogen) atoms. The van der Waals surface area contributed by atoms with Gasteiger partial charge in [-0.1, -0.05) is 127 Å². The molecule has 0 amide bonds. The Kier molecular flexibility index (Phi) is 11.9. The van der Waals surface area contributed by atoms with E-state index in [1.54, 1.807) is 0 Å². The van der Waals surface area contributed by atoms with Crippen LogP contribution in [0.15, 0.2) is 267 Å². The highest BCUT2D eigenvalue weighted by atomic mass is 16.3. The minimum Gasteiger partial charge on any atom is -0.456 e. The molecule has 0 radical (unpaired) electrons. The van der Waals surface area contributed by atoms with Crippen LogP contribution in [0.3, 0.4) is 0 Å². The summed E-state index contributed by atoms with van der Waals surface area (Å²) in [4.78, 5) is 57.6. The predicted octanol–water partition coefficient (Wildman–Crippen LogP) is 19.6. The molecule has 8 heteroatoms. The maximum absolute atomic E-state index is 14.7. The van der Waals surface area contributed by atoms with Crippen LogP contribution in [0, 0.1) is 27.7 Å². The molecule has 16 rings (SSSR count). The third-order valence-electron chi connectivity index (χ3n) is 17.7. The molecule has 0 N–H and O–H groups in total. The molecule has 0 unspecified atom stereocenters. The SMILES string of the molecule is Cc1cccc(C)c1-c1ccc2oc3ccc(-c4ccc5oc6ccc(-c7c(C)ccc(-c8cccc(-c9ccc%10oc%11ccc(-c%12ccc%13oc%14ccc(-c%15ccccc%15)cc%14c(=O)c%13c%12)cc%11c(=O)c%10c9)c8)c7C)cc6c(=O)c5c4)cc3c(=O)c2c1. The number of hydrogen-bond donors (Lipinski definition) is 0. The van der Waals surface area contributed by atoms with Gasteiger partial charge in [0.15, 0.2) is 0 Å². The molecule has 0 bridgehead atoms. The Morgan fingerprint density at radius 1 is 0.216 bits per heavy atom. The normalized spacial score (nSPS) is 11.8. The van der Waals surface area contributed by atoms with Crippen LogP contribution in [-0.4, -0.2) is 0 Å². The number of hydrogen-bond acceptors (Lipinski definition) is 8. The molecule has 0 aliphatic heterocycles. The summed E-state index contributed by atoms with van der Waals surface area (Å²) < 4.78 is 25.4. The summed E-state index contributed by atoms with van der Waals surface area (Å²) in [6.45, 7) is 8.34. The van der Waals surface area contributed by atoms with Crippen molar-refractivity contribution in [2.24, 2.45) is 0 Å². The first-order valence-corrected chi connectivity index (χ1v) is 29.2. The van der Waals surface area contributed by atoms with E-state index in [2.05, 4.69) is 64.1 Å². The molecule has 4 aromatic heterocycles. The fourth-order valence-corrected chi connectivity index (χ4v) is 13.2. The monoisotopic (exact) mass is 1140 g/mol. The van der Waals surface area contributed by atoms with E-state index < -0.39 is 0 Å². The zero-order chi connectivity index (χ0) is 59.6. The van der Waals surface area contributed by atoms with Gasteiger partial charge in [-0.2, -0.15) is 0 Å². The molecule has 0 fully saturated rings. The first kappa shape index (κ1) is 52.1. The maximum Gasteiger partial charge on any atom is 0.200 e. The second-order valence-electron chi connectivity index (χ2n) is 23.1. The van der Waals surface area contributed by atoms with Gasteiger partial charge in [0.2, 0.25) is 21.7 Å². The van der Waals surface area contributed by atoms with E-state index in [1.807, 2.05) is 194 Å². The summed E-state index contributed by atoms with van der Waals surface area (Å²) >= 11 is 0. The molecular formula is C80H50O8. The van der Waals surface area contributed by atoms with Crippen LogP contribution in [0.2, 0.25) is 0 Å². The minimum absolute atomic E-state index is 0.121. The van der Waals surface area contributed by atoms with Crippen LogP contribution in [0.5, 0.6) is 0 Å². The van der Waals surface area contributed by atoms with Crippen LogP contribution in [0.1, 0.15) is 22.3 Å². The standard InChI is InChI=1S/C80H50O8/c1-43-10-8-11-44(2)75(43)56-23-32-73-65(41-56)79(83)63-39-53(21-30-71(63)87-73)54-22-31-72-64(40-54)80(84)66-42-57(24-33-74(66)88-72)76-45(3)16-25-58(46(76)4)55-15-9-14-48(34-55)50-18-27-68-60(36-50)78(82)62-38-52(20-29-70(62)86-68)51-19-28-69-61(37-51)77(81)59-35-49(17-26-67(59)85-69)47-12-6-5-7-13-47/h5-42H,1-4H3. The Balaban J connectivity index is 0.712. The lowest BCUT2D eigenvalue weighted by Crippen LogP contribution is -2.04. The summed E-state index contributed by atoms with van der Waals surface area (Å²) in [5.41, 5.74) is 20.4. The smallest absolute Gasteiger partial charge is 0.200 e. The Bertz CT molecular complexity index is 5940. The fraction of sp³-hybridized carbons (Fsp3) is 0.0500. The van der Waals surface area contributed by atoms with Gasteiger partial charge in [-0.25, -0.2) is 0 Å². The van der Waals surface area contributed by atoms with E-state index >= 15 is 0 Å². The minimum atomic E-state index is -0.162. The Morgan fingerprint density at radius 2 is 0.489 bits per heavy atom. The van der Waals surface area contributed by atoms with Gasteiger partial charge in [-0.3, -0.25) is 19.2 Å². The highest BCUT2D eigenvalue weighted by Crippen LogP contribution is 2.39. The molecule has 0 aliphatic carbocycles. The third kappa shape index (κ3) is 8.51. The van der Waals surface area contributed by atoms with Crippen molar-refractivity contribution in [3.63, 3.8) is 0 Å². The molecule has 16 aromatic rings. The van der Waals surface area contributed by atoms with Crippen molar-refractivity contribution in [3.8, 4) is 77.9 Å². The van der Waals surface area contributed by atoms with Crippen LogP contribution in [0.4, 0.5) is 0 Å². The van der Waals surface area contributed by atoms with Crippen molar-refractivity contribution in [2.45, 2.75) is 27.7 Å². The summed E-state index contributed by atoms with van der Waals surface area (Å²) in [7, 11) is 0. The van der Waals surface area contributed by atoms with Gasteiger partial charge in [-0.15, -0.1) is 0 Å². The van der Waals surface area contributed by atoms with Gasteiger partial charge in [-0.05, 0) is 231 Å². The summed E-state index contributed by atoms with van der Waals surface area (Å²) in [5, 5.41) is 3.67. The maximum atomic E-state index is 14.7. The van der Waals surface area contributed by atoms with E-state index in [1.165, 1.54) is 0 Å². The third-order valence-corrected chi connectivity index (χ3v) is 17.7. The zero-order valence-corrected chi connectivity index (χ0v) is 48.2. The van der Waals surface area contributed by atoms with Gasteiger partial charge in [0.05, 0.1) is 43.1 Å². The van der Waals surface area contributed by atoms with Crippen molar-refractivity contribution in [1.29, 1.82) is 0 Å². The largest absolute Gasteiger partial charge is 0.456 e. The Morgan fingerprint density at radius 3 is 0.864 bits per heavy atom. The van der Waals surface area contributed by atoms with Crippen molar-refractivity contribution in [2.75, 3.05) is 0 Å². The number of benzene rings is 12. The van der Waals surface area contributed by atoms with E-state index in [4.69, 9.17) is 17.7 Å². The van der Waals surface area contributed by atoms with Crippen LogP contribution >= 0.6 is 0 Å². The highest BCUT2D eigenvalue weighted by Gasteiger charge is 2.20. The van der Waals surface area contributed by atoms with Gasteiger partial charge < -0.3 is 17.7 Å². The van der Waals surface area contributed by atoms with Gasteiger partial charge >= 0.3 is 0 Å². The molecular weight excluding hydrogens is 1090 g/mol. The molecule has 418 valence electrons. The van der Waals surface area contributed by atoms with Crippen LogP contribution < -0.4 is 21.7 Å². The number of aryl methyl sites for hydroxylation is 3. The average molecular weight is 1140 g/mol. The first-order valence-electron chi connectivity index (χ1n) is 29.2. The van der Waals surface area contributed by atoms with E-state index in [9.17, 15) is 19.2 Å². The van der Waals surface area contributed by atoms with Crippen molar-refractivity contribution in [1.82, 2.24) is 0 Å². The molecule has 0 saturated heterocycles.